The van der Waals surface area contributed by atoms with Gasteiger partial charge in [-0.1, -0.05) is 18.5 Å². The fourth-order valence-corrected chi connectivity index (χ4v) is 2.36. The number of carbonyl (C=O) groups excluding carboxylic acids is 1. The fourth-order valence-electron chi connectivity index (χ4n) is 1.36. The van der Waals surface area contributed by atoms with E-state index in [1.165, 1.54) is 0 Å². The first-order chi connectivity index (χ1) is 7.10. The first-order valence-corrected chi connectivity index (χ1v) is 5.73. The maximum Gasteiger partial charge on any atom is 0.134 e. The number of aldehydes is 1. The molecule has 0 saturated heterocycles. The highest BCUT2D eigenvalue weighted by atomic mass is 79.9. The SMILES string of the molecule is COc1cc(Cl)cc(C(C)CC=O)c1Br. The molecule has 2 nitrogen and oxygen atoms in total. The number of ether oxygens (including phenoxy) is 1. The molecule has 15 heavy (non-hydrogen) atoms. The molecular weight excluding hydrogens is 279 g/mol. The van der Waals surface area contributed by atoms with Gasteiger partial charge in [-0.2, -0.15) is 0 Å². The normalized spacial score (nSPS) is 12.3. The number of rotatable bonds is 4. The van der Waals surface area contributed by atoms with E-state index in [4.69, 9.17) is 16.3 Å². The van der Waals surface area contributed by atoms with Crippen molar-refractivity contribution in [1.82, 2.24) is 0 Å². The molecule has 0 fully saturated rings. The van der Waals surface area contributed by atoms with Crippen LogP contribution in [-0.2, 0) is 4.79 Å². The van der Waals surface area contributed by atoms with Crippen molar-refractivity contribution in [3.63, 3.8) is 0 Å². The molecule has 1 atom stereocenters. The van der Waals surface area contributed by atoms with Gasteiger partial charge in [-0.3, -0.25) is 0 Å². The Morgan fingerprint density at radius 1 is 1.60 bits per heavy atom. The molecule has 1 aromatic carbocycles. The first kappa shape index (κ1) is 12.5. The van der Waals surface area contributed by atoms with Crippen molar-refractivity contribution < 1.29 is 9.53 Å². The van der Waals surface area contributed by atoms with E-state index in [9.17, 15) is 4.79 Å². The summed E-state index contributed by atoms with van der Waals surface area (Å²) < 4.78 is 6.04. The summed E-state index contributed by atoms with van der Waals surface area (Å²) in [5.74, 6) is 0.819. The minimum Gasteiger partial charge on any atom is -0.496 e. The number of benzene rings is 1. The van der Waals surface area contributed by atoms with E-state index in [-0.39, 0.29) is 5.92 Å². The van der Waals surface area contributed by atoms with Crippen molar-refractivity contribution in [3.05, 3.63) is 27.2 Å². The Morgan fingerprint density at radius 3 is 2.80 bits per heavy atom. The Hall–Kier alpha value is -0.540. The van der Waals surface area contributed by atoms with Crippen LogP contribution in [0.25, 0.3) is 0 Å². The molecule has 0 heterocycles. The molecule has 1 aromatic rings. The fraction of sp³-hybridized carbons (Fsp3) is 0.364. The lowest BCUT2D eigenvalue weighted by atomic mass is 9.98. The zero-order chi connectivity index (χ0) is 11.4. The van der Waals surface area contributed by atoms with E-state index in [0.717, 1.165) is 16.3 Å². The van der Waals surface area contributed by atoms with E-state index >= 15 is 0 Å². The zero-order valence-corrected chi connectivity index (χ0v) is 10.9. The molecule has 0 aliphatic carbocycles. The molecule has 0 radical (unpaired) electrons. The minimum absolute atomic E-state index is 0.129. The Morgan fingerprint density at radius 2 is 2.27 bits per heavy atom. The molecule has 82 valence electrons. The second-order valence-electron chi connectivity index (χ2n) is 3.31. The molecular formula is C11H12BrClO2. The van der Waals surface area contributed by atoms with Gasteiger partial charge in [-0.15, -0.1) is 0 Å². The number of carbonyl (C=O) groups is 1. The lowest BCUT2D eigenvalue weighted by Crippen LogP contribution is -1.97. The van der Waals surface area contributed by atoms with Crippen LogP contribution in [0, 0.1) is 0 Å². The number of hydrogen-bond donors (Lipinski definition) is 0. The monoisotopic (exact) mass is 290 g/mol. The van der Waals surface area contributed by atoms with Gasteiger partial charge in [0.2, 0.25) is 0 Å². The van der Waals surface area contributed by atoms with Gasteiger partial charge in [0.15, 0.2) is 0 Å². The number of hydrogen-bond acceptors (Lipinski definition) is 2. The third-order valence-corrected chi connectivity index (χ3v) is 3.30. The van der Waals surface area contributed by atoms with E-state index < -0.39 is 0 Å². The summed E-state index contributed by atoms with van der Waals surface area (Å²) in [5, 5.41) is 0.614. The zero-order valence-electron chi connectivity index (χ0n) is 8.59. The van der Waals surface area contributed by atoms with Crippen molar-refractivity contribution in [2.24, 2.45) is 0 Å². The number of halogens is 2. The summed E-state index contributed by atoms with van der Waals surface area (Å²) >= 11 is 9.40. The summed E-state index contributed by atoms with van der Waals surface area (Å²) in [6.45, 7) is 1.98. The van der Waals surface area contributed by atoms with Gasteiger partial charge in [0.25, 0.3) is 0 Å². The molecule has 1 rings (SSSR count). The van der Waals surface area contributed by atoms with Crippen LogP contribution in [-0.4, -0.2) is 13.4 Å². The van der Waals surface area contributed by atoms with Crippen LogP contribution >= 0.6 is 27.5 Å². The quantitative estimate of drug-likeness (QED) is 0.789. The Labute approximate surface area is 103 Å². The van der Waals surface area contributed by atoms with Crippen LogP contribution in [0.1, 0.15) is 24.8 Å². The molecule has 0 saturated carbocycles. The van der Waals surface area contributed by atoms with E-state index in [0.29, 0.717) is 17.2 Å². The van der Waals surface area contributed by atoms with Crippen LogP contribution < -0.4 is 4.74 Å². The summed E-state index contributed by atoms with van der Waals surface area (Å²) in [6.07, 6.45) is 1.38. The molecule has 0 bridgehead atoms. The summed E-state index contributed by atoms with van der Waals surface area (Å²) in [5.41, 5.74) is 0.992. The van der Waals surface area contributed by atoms with Gasteiger partial charge in [0, 0.05) is 11.4 Å². The van der Waals surface area contributed by atoms with Crippen LogP contribution in [0.5, 0.6) is 5.75 Å². The summed E-state index contributed by atoms with van der Waals surface area (Å²) in [7, 11) is 1.59. The Bertz CT molecular complexity index is 366. The van der Waals surface area contributed by atoms with Crippen LogP contribution in [0.2, 0.25) is 5.02 Å². The highest BCUT2D eigenvalue weighted by Gasteiger charge is 2.14. The van der Waals surface area contributed by atoms with Gasteiger partial charge in [-0.25, -0.2) is 0 Å². The van der Waals surface area contributed by atoms with Gasteiger partial charge in [-0.05, 0) is 39.5 Å². The van der Waals surface area contributed by atoms with Gasteiger partial charge in [0.1, 0.15) is 12.0 Å². The molecule has 0 N–H and O–H groups in total. The van der Waals surface area contributed by atoms with Gasteiger partial charge < -0.3 is 9.53 Å². The second-order valence-corrected chi connectivity index (χ2v) is 4.54. The number of methoxy groups -OCH3 is 1. The Balaban J connectivity index is 3.16. The van der Waals surface area contributed by atoms with E-state index in [2.05, 4.69) is 15.9 Å². The third kappa shape index (κ3) is 2.95. The van der Waals surface area contributed by atoms with Crippen molar-refractivity contribution in [1.29, 1.82) is 0 Å². The Kier molecular flexibility index (Phi) is 4.61. The predicted molar refractivity (Wildman–Crippen MR) is 64.8 cm³/mol. The van der Waals surface area contributed by atoms with Crippen molar-refractivity contribution in [3.8, 4) is 5.75 Å². The summed E-state index contributed by atoms with van der Waals surface area (Å²) in [4.78, 5) is 10.5. The molecule has 4 heteroatoms. The molecule has 0 aliphatic heterocycles. The van der Waals surface area contributed by atoms with Crippen LogP contribution in [0.4, 0.5) is 0 Å². The van der Waals surface area contributed by atoms with Crippen LogP contribution in [0.15, 0.2) is 16.6 Å². The average Bonchev–Trinajstić information content (AvgIpc) is 2.21. The minimum atomic E-state index is 0.129. The summed E-state index contributed by atoms with van der Waals surface area (Å²) in [6, 6.07) is 3.59. The molecule has 0 spiro atoms. The maximum atomic E-state index is 10.5. The smallest absolute Gasteiger partial charge is 0.134 e. The predicted octanol–water partition coefficient (Wildman–Crippen LogP) is 3.80. The van der Waals surface area contributed by atoms with E-state index in [1.54, 1.807) is 13.2 Å². The topological polar surface area (TPSA) is 26.3 Å². The lowest BCUT2D eigenvalue weighted by molar-refractivity contribution is -0.108. The first-order valence-electron chi connectivity index (χ1n) is 4.56. The van der Waals surface area contributed by atoms with E-state index in [1.807, 2.05) is 13.0 Å². The van der Waals surface area contributed by atoms with Crippen molar-refractivity contribution in [2.75, 3.05) is 7.11 Å². The third-order valence-electron chi connectivity index (χ3n) is 2.23. The average molecular weight is 292 g/mol. The maximum absolute atomic E-state index is 10.5. The lowest BCUT2D eigenvalue weighted by Gasteiger charge is -2.14. The molecule has 1 unspecified atom stereocenters. The molecule has 0 aromatic heterocycles. The van der Waals surface area contributed by atoms with Crippen molar-refractivity contribution in [2.45, 2.75) is 19.3 Å². The van der Waals surface area contributed by atoms with Gasteiger partial charge >= 0.3 is 0 Å². The molecule has 0 amide bonds. The van der Waals surface area contributed by atoms with Gasteiger partial charge in [0.05, 0.1) is 11.6 Å². The second kappa shape index (κ2) is 5.52. The molecule has 0 aliphatic rings. The highest BCUT2D eigenvalue weighted by molar-refractivity contribution is 9.10. The van der Waals surface area contributed by atoms with Crippen LogP contribution in [0.3, 0.4) is 0 Å². The largest absolute Gasteiger partial charge is 0.496 e. The highest BCUT2D eigenvalue weighted by Crippen LogP contribution is 2.36. The standard InChI is InChI=1S/C11H12BrClO2/c1-7(3-4-14)9-5-8(13)6-10(15-2)11(9)12/h4-7H,3H2,1-2H3. The van der Waals surface area contributed by atoms with Crippen molar-refractivity contribution >= 4 is 33.8 Å².